The van der Waals surface area contributed by atoms with Crippen LogP contribution in [-0.4, -0.2) is 40.7 Å². The van der Waals surface area contributed by atoms with Gasteiger partial charge >= 0.3 is 0 Å². The van der Waals surface area contributed by atoms with E-state index in [0.717, 1.165) is 5.56 Å². The fraction of sp³-hybridized carbons (Fsp3) is 0.364. The summed E-state index contributed by atoms with van der Waals surface area (Å²) in [6.07, 6.45) is 0.200. The molecule has 2 amide bonds. The van der Waals surface area contributed by atoms with Crippen molar-refractivity contribution in [1.29, 1.82) is 0 Å². The fourth-order valence-electron chi connectivity index (χ4n) is 3.53. The van der Waals surface area contributed by atoms with E-state index in [4.69, 9.17) is 0 Å². The third-order valence-corrected chi connectivity index (χ3v) is 5.12. The first-order valence-corrected chi connectivity index (χ1v) is 9.44. The molecular weight excluding hydrogens is 362 g/mol. The quantitative estimate of drug-likeness (QED) is 0.801. The Kier molecular flexibility index (Phi) is 6.07. The first-order valence-electron chi connectivity index (χ1n) is 9.44. The van der Waals surface area contributed by atoms with Crippen molar-refractivity contribution >= 4 is 11.8 Å². The van der Waals surface area contributed by atoms with E-state index in [-0.39, 0.29) is 48.1 Å². The summed E-state index contributed by atoms with van der Waals surface area (Å²) < 4.78 is 26.7. The van der Waals surface area contributed by atoms with Gasteiger partial charge in [0.2, 0.25) is 5.91 Å². The molecule has 0 bridgehead atoms. The molecule has 28 heavy (non-hydrogen) atoms. The van der Waals surface area contributed by atoms with Crippen LogP contribution in [0.1, 0.15) is 36.2 Å². The Hall–Kier alpha value is -2.76. The molecule has 0 radical (unpaired) electrons. The lowest BCUT2D eigenvalue weighted by Crippen LogP contribution is -2.47. The zero-order chi connectivity index (χ0) is 20.3. The Morgan fingerprint density at radius 1 is 1.11 bits per heavy atom. The maximum absolute atomic E-state index is 13.5. The summed E-state index contributed by atoms with van der Waals surface area (Å²) >= 11 is 0. The standard InChI is InChI=1S/C22H24F2N2O2/c1-15(2)20-14-25(22(28)17-4-3-5-19(24)12-17)11-10-21(27)26(20)13-16-6-8-18(23)9-7-16/h3-9,12,15,20H,10-11,13-14H2,1-2H3. The number of carbonyl (C=O) groups excluding carboxylic acids is 2. The highest BCUT2D eigenvalue weighted by Crippen LogP contribution is 2.22. The van der Waals surface area contributed by atoms with Gasteiger partial charge < -0.3 is 9.80 Å². The van der Waals surface area contributed by atoms with E-state index in [9.17, 15) is 18.4 Å². The second kappa shape index (κ2) is 8.50. The van der Waals surface area contributed by atoms with Crippen molar-refractivity contribution in [2.24, 2.45) is 5.92 Å². The predicted molar refractivity (Wildman–Crippen MR) is 102 cm³/mol. The van der Waals surface area contributed by atoms with Crippen LogP contribution in [0.2, 0.25) is 0 Å². The van der Waals surface area contributed by atoms with Crippen molar-refractivity contribution in [2.75, 3.05) is 13.1 Å². The Morgan fingerprint density at radius 2 is 1.82 bits per heavy atom. The Morgan fingerprint density at radius 3 is 2.46 bits per heavy atom. The van der Waals surface area contributed by atoms with Gasteiger partial charge in [-0.25, -0.2) is 8.78 Å². The van der Waals surface area contributed by atoms with E-state index in [0.29, 0.717) is 13.1 Å². The first-order chi connectivity index (χ1) is 13.3. The minimum absolute atomic E-state index is 0.0439. The predicted octanol–water partition coefficient (Wildman–Crippen LogP) is 3.86. The van der Waals surface area contributed by atoms with Gasteiger partial charge in [-0.15, -0.1) is 0 Å². The van der Waals surface area contributed by atoms with Crippen molar-refractivity contribution in [1.82, 2.24) is 9.80 Å². The number of halogens is 2. The molecule has 148 valence electrons. The van der Waals surface area contributed by atoms with E-state index < -0.39 is 5.82 Å². The molecule has 0 spiro atoms. The van der Waals surface area contributed by atoms with E-state index in [1.54, 1.807) is 28.0 Å². The normalized spacial score (nSPS) is 17.8. The van der Waals surface area contributed by atoms with Crippen molar-refractivity contribution in [3.8, 4) is 0 Å². The molecule has 6 heteroatoms. The van der Waals surface area contributed by atoms with Crippen molar-refractivity contribution < 1.29 is 18.4 Å². The van der Waals surface area contributed by atoms with E-state index in [1.807, 2.05) is 13.8 Å². The fourth-order valence-corrected chi connectivity index (χ4v) is 3.53. The molecule has 0 saturated carbocycles. The van der Waals surface area contributed by atoms with Gasteiger partial charge in [0.15, 0.2) is 0 Å². The molecule has 0 N–H and O–H groups in total. The van der Waals surface area contributed by atoms with Gasteiger partial charge in [0, 0.05) is 31.6 Å². The molecule has 1 unspecified atom stereocenters. The average Bonchev–Trinajstić information content (AvgIpc) is 2.83. The molecule has 0 aliphatic carbocycles. The number of carbonyl (C=O) groups is 2. The van der Waals surface area contributed by atoms with Crippen molar-refractivity contribution in [2.45, 2.75) is 32.9 Å². The summed E-state index contributed by atoms with van der Waals surface area (Å²) in [5.74, 6) is -0.988. The number of hydrogen-bond acceptors (Lipinski definition) is 2. The summed E-state index contributed by atoms with van der Waals surface area (Å²) in [6.45, 7) is 5.04. The molecule has 1 atom stereocenters. The van der Waals surface area contributed by atoms with Gasteiger partial charge in [-0.3, -0.25) is 9.59 Å². The molecule has 3 rings (SSSR count). The van der Waals surface area contributed by atoms with Crippen LogP contribution in [0.15, 0.2) is 48.5 Å². The van der Waals surface area contributed by atoms with Gasteiger partial charge in [-0.1, -0.05) is 32.0 Å². The lowest BCUT2D eigenvalue weighted by atomic mass is 10.0. The van der Waals surface area contributed by atoms with Crippen LogP contribution in [0.25, 0.3) is 0 Å². The zero-order valence-corrected chi connectivity index (χ0v) is 16.1. The lowest BCUT2D eigenvalue weighted by Gasteiger charge is -2.34. The van der Waals surface area contributed by atoms with E-state index >= 15 is 0 Å². The molecule has 1 aliphatic heterocycles. The average molecular weight is 386 g/mol. The topological polar surface area (TPSA) is 40.6 Å². The molecule has 1 saturated heterocycles. The Balaban J connectivity index is 1.83. The molecule has 4 nitrogen and oxygen atoms in total. The van der Waals surface area contributed by atoms with Crippen LogP contribution in [0.3, 0.4) is 0 Å². The van der Waals surface area contributed by atoms with Crippen LogP contribution in [0, 0.1) is 17.6 Å². The highest BCUT2D eigenvalue weighted by atomic mass is 19.1. The maximum Gasteiger partial charge on any atom is 0.254 e. The molecular formula is C22H24F2N2O2. The van der Waals surface area contributed by atoms with Crippen LogP contribution in [0.4, 0.5) is 8.78 Å². The van der Waals surface area contributed by atoms with Gasteiger partial charge in [0.05, 0.1) is 6.04 Å². The van der Waals surface area contributed by atoms with Crippen molar-refractivity contribution in [3.05, 3.63) is 71.3 Å². The number of amides is 2. The summed E-state index contributed by atoms with van der Waals surface area (Å²) in [5, 5.41) is 0. The molecule has 1 aliphatic rings. The third-order valence-electron chi connectivity index (χ3n) is 5.12. The van der Waals surface area contributed by atoms with Crippen LogP contribution < -0.4 is 0 Å². The summed E-state index contributed by atoms with van der Waals surface area (Å²) in [6, 6.07) is 11.5. The Labute approximate surface area is 163 Å². The van der Waals surface area contributed by atoms with Gasteiger partial charge in [-0.05, 0) is 41.8 Å². The second-order valence-corrected chi connectivity index (χ2v) is 7.47. The first kappa shape index (κ1) is 20.0. The number of rotatable bonds is 4. The number of benzene rings is 2. The van der Waals surface area contributed by atoms with Gasteiger partial charge in [0.1, 0.15) is 11.6 Å². The summed E-state index contributed by atoms with van der Waals surface area (Å²) in [7, 11) is 0. The largest absolute Gasteiger partial charge is 0.336 e. The van der Waals surface area contributed by atoms with Gasteiger partial charge in [0.25, 0.3) is 5.91 Å². The van der Waals surface area contributed by atoms with Crippen LogP contribution >= 0.6 is 0 Å². The molecule has 2 aromatic carbocycles. The molecule has 1 fully saturated rings. The van der Waals surface area contributed by atoms with E-state index in [1.165, 1.54) is 30.3 Å². The monoisotopic (exact) mass is 386 g/mol. The summed E-state index contributed by atoms with van der Waals surface area (Å²) in [5.41, 5.74) is 1.12. The summed E-state index contributed by atoms with van der Waals surface area (Å²) in [4.78, 5) is 29.1. The minimum Gasteiger partial charge on any atom is -0.336 e. The minimum atomic E-state index is -0.463. The SMILES string of the molecule is CC(C)C1CN(C(=O)c2cccc(F)c2)CCC(=O)N1Cc1ccc(F)cc1. The highest BCUT2D eigenvalue weighted by molar-refractivity contribution is 5.94. The maximum atomic E-state index is 13.5. The lowest BCUT2D eigenvalue weighted by molar-refractivity contribution is -0.134. The van der Waals surface area contributed by atoms with Crippen molar-refractivity contribution in [3.63, 3.8) is 0 Å². The van der Waals surface area contributed by atoms with Crippen LogP contribution in [-0.2, 0) is 11.3 Å². The molecule has 1 heterocycles. The second-order valence-electron chi connectivity index (χ2n) is 7.47. The molecule has 0 aromatic heterocycles. The van der Waals surface area contributed by atoms with E-state index in [2.05, 4.69) is 0 Å². The smallest absolute Gasteiger partial charge is 0.254 e. The highest BCUT2D eigenvalue weighted by Gasteiger charge is 2.33. The third kappa shape index (κ3) is 4.55. The number of hydrogen-bond donors (Lipinski definition) is 0. The molecule has 2 aromatic rings. The number of nitrogens with zero attached hydrogens (tertiary/aromatic N) is 2. The zero-order valence-electron chi connectivity index (χ0n) is 16.1. The van der Waals surface area contributed by atoms with Gasteiger partial charge in [-0.2, -0.15) is 0 Å². The van der Waals surface area contributed by atoms with Crippen LogP contribution in [0.5, 0.6) is 0 Å². The Bertz CT molecular complexity index is 852.